The highest BCUT2D eigenvalue weighted by Gasteiger charge is 2.29. The number of piperazine rings is 1. The Morgan fingerprint density at radius 2 is 1.71 bits per heavy atom. The van der Waals surface area contributed by atoms with Gasteiger partial charge in [-0.05, 0) is 18.2 Å². The lowest BCUT2D eigenvalue weighted by Gasteiger charge is -2.35. The average Bonchev–Trinajstić information content (AvgIpc) is 2.96. The third-order valence-corrected chi connectivity index (χ3v) is 6.88. The molecule has 2 N–H and O–H groups in total. The second kappa shape index (κ2) is 5.67. The molecule has 1 aliphatic rings. The van der Waals surface area contributed by atoms with Gasteiger partial charge in [-0.2, -0.15) is 4.31 Å². The molecule has 0 amide bonds. The molecule has 1 aliphatic heterocycles. The van der Waals surface area contributed by atoms with Gasteiger partial charge in [0.1, 0.15) is 4.21 Å². The molecule has 5 nitrogen and oxygen atoms in total. The Hall–Kier alpha value is -1.57. The molecule has 1 saturated heterocycles. The van der Waals surface area contributed by atoms with Crippen molar-refractivity contribution in [3.05, 3.63) is 41.8 Å². The molecule has 0 aliphatic carbocycles. The second-order valence-corrected chi connectivity index (χ2v) is 8.00. The van der Waals surface area contributed by atoms with Crippen molar-refractivity contribution in [2.45, 2.75) is 4.21 Å². The Labute approximate surface area is 128 Å². The fourth-order valence-electron chi connectivity index (χ4n) is 2.42. The van der Waals surface area contributed by atoms with E-state index in [0.717, 1.165) is 5.69 Å². The first-order chi connectivity index (χ1) is 10.1. The zero-order valence-corrected chi connectivity index (χ0v) is 13.1. The van der Waals surface area contributed by atoms with E-state index in [9.17, 15) is 8.42 Å². The van der Waals surface area contributed by atoms with Crippen LogP contribution in [0, 0.1) is 0 Å². The van der Waals surface area contributed by atoms with Gasteiger partial charge in [0.15, 0.2) is 0 Å². The summed E-state index contributed by atoms with van der Waals surface area (Å²) in [4.78, 5) is 2.20. The van der Waals surface area contributed by atoms with Crippen LogP contribution in [0.15, 0.2) is 46.0 Å². The molecular formula is C14H17N3O2S2. The van der Waals surface area contributed by atoms with Crippen LogP contribution in [0.1, 0.15) is 0 Å². The van der Waals surface area contributed by atoms with Gasteiger partial charge >= 0.3 is 0 Å². The molecule has 112 valence electrons. The molecule has 1 fully saturated rings. The van der Waals surface area contributed by atoms with E-state index in [1.807, 2.05) is 30.3 Å². The molecule has 2 heterocycles. The first-order valence-electron chi connectivity index (χ1n) is 6.71. The quantitative estimate of drug-likeness (QED) is 0.936. The van der Waals surface area contributed by atoms with E-state index in [0.29, 0.717) is 36.1 Å². The summed E-state index contributed by atoms with van der Waals surface area (Å²) in [5, 5.41) is 1.66. The Morgan fingerprint density at radius 1 is 1.05 bits per heavy atom. The number of para-hydroxylation sites is 1. The smallest absolute Gasteiger partial charge is 0.252 e. The summed E-state index contributed by atoms with van der Waals surface area (Å²) in [7, 11) is -3.40. The Bertz CT molecular complexity index is 705. The molecule has 2 aromatic rings. The first kappa shape index (κ1) is 14.4. The van der Waals surface area contributed by atoms with Crippen LogP contribution < -0.4 is 10.6 Å². The molecule has 7 heteroatoms. The fourth-order valence-corrected chi connectivity index (χ4v) is 5.07. The zero-order valence-electron chi connectivity index (χ0n) is 11.5. The van der Waals surface area contributed by atoms with Gasteiger partial charge in [-0.25, -0.2) is 8.42 Å². The van der Waals surface area contributed by atoms with Crippen molar-refractivity contribution in [3.8, 4) is 0 Å². The van der Waals surface area contributed by atoms with E-state index in [4.69, 9.17) is 5.73 Å². The molecule has 0 unspecified atom stereocenters. The zero-order chi connectivity index (χ0) is 14.9. The maximum Gasteiger partial charge on any atom is 0.252 e. The lowest BCUT2D eigenvalue weighted by Crippen LogP contribution is -2.48. The average molecular weight is 323 g/mol. The lowest BCUT2D eigenvalue weighted by molar-refractivity contribution is 0.386. The second-order valence-electron chi connectivity index (χ2n) is 4.93. The van der Waals surface area contributed by atoms with Crippen molar-refractivity contribution >= 4 is 32.7 Å². The first-order valence-corrected chi connectivity index (χ1v) is 9.03. The fraction of sp³-hybridized carbons (Fsp3) is 0.286. The Kier molecular flexibility index (Phi) is 3.88. The SMILES string of the molecule is Nc1csc(S(=O)(=O)N2CCN(c3ccccc3)CC2)c1. The van der Waals surface area contributed by atoms with Crippen LogP contribution in [0.2, 0.25) is 0 Å². The van der Waals surface area contributed by atoms with Gasteiger partial charge in [0.25, 0.3) is 10.0 Å². The van der Waals surface area contributed by atoms with Crippen LogP contribution in [-0.2, 0) is 10.0 Å². The van der Waals surface area contributed by atoms with E-state index in [1.54, 1.807) is 5.38 Å². The van der Waals surface area contributed by atoms with Crippen LogP contribution in [0.5, 0.6) is 0 Å². The highest BCUT2D eigenvalue weighted by molar-refractivity contribution is 7.91. The number of sulfonamides is 1. The maximum absolute atomic E-state index is 12.5. The maximum atomic E-state index is 12.5. The number of hydrogen-bond donors (Lipinski definition) is 1. The van der Waals surface area contributed by atoms with Crippen molar-refractivity contribution < 1.29 is 8.42 Å². The van der Waals surface area contributed by atoms with E-state index in [-0.39, 0.29) is 0 Å². The lowest BCUT2D eigenvalue weighted by atomic mass is 10.2. The van der Waals surface area contributed by atoms with Crippen LogP contribution in [0.4, 0.5) is 11.4 Å². The van der Waals surface area contributed by atoms with E-state index < -0.39 is 10.0 Å². The Balaban J connectivity index is 1.71. The van der Waals surface area contributed by atoms with Gasteiger partial charge in [-0.3, -0.25) is 0 Å². The van der Waals surface area contributed by atoms with E-state index >= 15 is 0 Å². The van der Waals surface area contributed by atoms with Gasteiger partial charge in [0, 0.05) is 42.9 Å². The van der Waals surface area contributed by atoms with Gasteiger partial charge in [-0.15, -0.1) is 11.3 Å². The van der Waals surface area contributed by atoms with Crippen LogP contribution in [-0.4, -0.2) is 38.9 Å². The number of nitrogen functional groups attached to an aromatic ring is 1. The monoisotopic (exact) mass is 323 g/mol. The Morgan fingerprint density at radius 3 is 2.29 bits per heavy atom. The van der Waals surface area contributed by atoms with Gasteiger partial charge < -0.3 is 10.6 Å². The largest absolute Gasteiger partial charge is 0.398 e. The van der Waals surface area contributed by atoms with Crippen LogP contribution in [0.3, 0.4) is 0 Å². The number of hydrogen-bond acceptors (Lipinski definition) is 5. The van der Waals surface area contributed by atoms with Crippen molar-refractivity contribution in [1.82, 2.24) is 4.31 Å². The molecule has 0 saturated carbocycles. The number of nitrogens with two attached hydrogens (primary N) is 1. The predicted molar refractivity (Wildman–Crippen MR) is 86.1 cm³/mol. The van der Waals surface area contributed by atoms with E-state index in [1.165, 1.54) is 21.7 Å². The number of benzene rings is 1. The predicted octanol–water partition coefficient (Wildman–Crippen LogP) is 1.84. The number of anilines is 2. The minimum Gasteiger partial charge on any atom is -0.398 e. The summed E-state index contributed by atoms with van der Waals surface area (Å²) < 4.78 is 26.9. The van der Waals surface area contributed by atoms with Crippen molar-refractivity contribution in [2.24, 2.45) is 0 Å². The molecule has 0 radical (unpaired) electrons. The van der Waals surface area contributed by atoms with Gasteiger partial charge in [0.2, 0.25) is 0 Å². The number of rotatable bonds is 3. The summed E-state index contributed by atoms with van der Waals surface area (Å²) in [6.07, 6.45) is 0. The van der Waals surface area contributed by atoms with Crippen molar-refractivity contribution in [1.29, 1.82) is 0 Å². The van der Waals surface area contributed by atoms with Crippen molar-refractivity contribution in [2.75, 3.05) is 36.8 Å². The summed E-state index contributed by atoms with van der Waals surface area (Å²) in [5.41, 5.74) is 7.26. The third kappa shape index (κ3) is 2.90. The van der Waals surface area contributed by atoms with Crippen LogP contribution in [0.25, 0.3) is 0 Å². The summed E-state index contributed by atoms with van der Waals surface area (Å²) in [5.74, 6) is 0. The topological polar surface area (TPSA) is 66.6 Å². The molecule has 3 rings (SSSR count). The number of thiophene rings is 1. The molecule has 0 atom stereocenters. The summed E-state index contributed by atoms with van der Waals surface area (Å²) in [6, 6.07) is 11.6. The minimum absolute atomic E-state index is 0.327. The summed E-state index contributed by atoms with van der Waals surface area (Å²) >= 11 is 1.18. The highest BCUT2D eigenvalue weighted by atomic mass is 32.2. The number of nitrogens with zero attached hydrogens (tertiary/aromatic N) is 2. The molecular weight excluding hydrogens is 306 g/mol. The molecule has 0 bridgehead atoms. The summed E-state index contributed by atoms with van der Waals surface area (Å²) in [6.45, 7) is 2.39. The molecule has 21 heavy (non-hydrogen) atoms. The molecule has 1 aromatic carbocycles. The minimum atomic E-state index is -3.40. The van der Waals surface area contributed by atoms with Gasteiger partial charge in [-0.1, -0.05) is 18.2 Å². The standard InChI is InChI=1S/C14H17N3O2S2/c15-12-10-14(20-11-12)21(18,19)17-8-6-16(7-9-17)13-4-2-1-3-5-13/h1-5,10-11H,6-9,15H2. The molecule has 0 spiro atoms. The van der Waals surface area contributed by atoms with Crippen LogP contribution >= 0.6 is 11.3 Å². The van der Waals surface area contributed by atoms with Crippen molar-refractivity contribution in [3.63, 3.8) is 0 Å². The highest BCUT2D eigenvalue weighted by Crippen LogP contribution is 2.26. The van der Waals surface area contributed by atoms with E-state index in [2.05, 4.69) is 4.90 Å². The third-order valence-electron chi connectivity index (χ3n) is 3.55. The normalized spacial score (nSPS) is 17.0. The van der Waals surface area contributed by atoms with Gasteiger partial charge in [0.05, 0.1) is 0 Å². The molecule has 1 aromatic heterocycles.